The Bertz CT molecular complexity index is 505. The van der Waals surface area contributed by atoms with Crippen LogP contribution >= 0.6 is 11.6 Å². The van der Waals surface area contributed by atoms with Gasteiger partial charge in [-0.15, -0.1) is 0 Å². The van der Waals surface area contributed by atoms with E-state index < -0.39 is 0 Å². The maximum Gasteiger partial charge on any atom is 0.143 e. The molecule has 0 amide bonds. The second-order valence-electron chi connectivity index (χ2n) is 3.82. The summed E-state index contributed by atoms with van der Waals surface area (Å²) in [6, 6.07) is 3.82. The van der Waals surface area contributed by atoms with Gasteiger partial charge in [0.2, 0.25) is 0 Å². The average Bonchev–Trinajstić information content (AvgIpc) is 2.73. The zero-order valence-corrected chi connectivity index (χ0v) is 9.44. The monoisotopic (exact) mass is 237 g/mol. The summed E-state index contributed by atoms with van der Waals surface area (Å²) in [5, 5.41) is 4.00. The number of morpholine rings is 1. The van der Waals surface area contributed by atoms with Crippen LogP contribution in [-0.4, -0.2) is 29.1 Å². The molecule has 1 atom stereocenters. The Kier molecular flexibility index (Phi) is 2.55. The highest BCUT2D eigenvalue weighted by Crippen LogP contribution is 2.20. The quantitative estimate of drug-likeness (QED) is 0.820. The fraction of sp³-hybridized carbons (Fsp3) is 0.364. The molecular formula is C11H12ClN3O. The summed E-state index contributed by atoms with van der Waals surface area (Å²) in [6.45, 7) is 2.42. The van der Waals surface area contributed by atoms with Gasteiger partial charge in [0.05, 0.1) is 23.3 Å². The Hall–Kier alpha value is -1.10. The highest BCUT2D eigenvalue weighted by molar-refractivity contribution is 6.30. The van der Waals surface area contributed by atoms with Crippen molar-refractivity contribution in [2.24, 2.45) is 0 Å². The van der Waals surface area contributed by atoms with Gasteiger partial charge in [0, 0.05) is 19.3 Å². The maximum atomic E-state index is 5.98. The zero-order chi connectivity index (χ0) is 11.0. The average molecular weight is 238 g/mol. The van der Waals surface area contributed by atoms with Crippen LogP contribution in [0.4, 0.5) is 0 Å². The first-order valence-electron chi connectivity index (χ1n) is 5.29. The lowest BCUT2D eigenvalue weighted by molar-refractivity contribution is 0.0218. The Morgan fingerprint density at radius 1 is 1.50 bits per heavy atom. The van der Waals surface area contributed by atoms with E-state index in [-0.39, 0.29) is 6.10 Å². The summed E-state index contributed by atoms with van der Waals surface area (Å²) in [5.74, 6) is 0.907. The van der Waals surface area contributed by atoms with Gasteiger partial charge in [0.25, 0.3) is 0 Å². The number of nitrogens with zero attached hydrogens (tertiary/aromatic N) is 2. The number of fused-ring (bicyclic) bond motifs is 1. The first-order chi connectivity index (χ1) is 7.84. The molecule has 4 nitrogen and oxygen atoms in total. The second-order valence-corrected chi connectivity index (χ2v) is 4.26. The van der Waals surface area contributed by atoms with Crippen molar-refractivity contribution in [3.63, 3.8) is 0 Å². The van der Waals surface area contributed by atoms with Crippen molar-refractivity contribution in [3.05, 3.63) is 35.4 Å². The third-order valence-electron chi connectivity index (χ3n) is 2.74. The van der Waals surface area contributed by atoms with Gasteiger partial charge in [-0.25, -0.2) is 4.98 Å². The molecule has 0 aliphatic carbocycles. The van der Waals surface area contributed by atoms with Crippen LogP contribution in [0.15, 0.2) is 24.5 Å². The zero-order valence-electron chi connectivity index (χ0n) is 8.69. The second kappa shape index (κ2) is 4.05. The lowest BCUT2D eigenvalue weighted by atomic mass is 10.3. The van der Waals surface area contributed by atoms with Gasteiger partial charge in [-0.1, -0.05) is 11.6 Å². The molecule has 0 radical (unpaired) electrons. The molecule has 0 spiro atoms. The third-order valence-corrected chi connectivity index (χ3v) is 2.96. The van der Waals surface area contributed by atoms with Crippen LogP contribution in [0.5, 0.6) is 0 Å². The fourth-order valence-corrected chi connectivity index (χ4v) is 2.11. The summed E-state index contributed by atoms with van der Waals surface area (Å²) in [7, 11) is 0. The first kappa shape index (κ1) is 10.1. The van der Waals surface area contributed by atoms with Crippen molar-refractivity contribution in [2.75, 3.05) is 19.7 Å². The summed E-state index contributed by atoms with van der Waals surface area (Å²) < 4.78 is 7.67. The molecule has 1 aliphatic heterocycles. The predicted octanol–water partition coefficient (Wildman–Crippen LogP) is 1.65. The minimum Gasteiger partial charge on any atom is -0.368 e. The Balaban J connectivity index is 2.05. The van der Waals surface area contributed by atoms with Crippen molar-refractivity contribution in [2.45, 2.75) is 6.10 Å². The Morgan fingerprint density at radius 3 is 3.25 bits per heavy atom. The van der Waals surface area contributed by atoms with Crippen LogP contribution < -0.4 is 5.32 Å². The van der Waals surface area contributed by atoms with E-state index in [9.17, 15) is 0 Å². The van der Waals surface area contributed by atoms with E-state index in [4.69, 9.17) is 16.3 Å². The summed E-state index contributed by atoms with van der Waals surface area (Å²) in [4.78, 5) is 4.40. The standard InChI is InChI=1S/C11H12ClN3O/c12-8-1-2-9-5-14-11(15(9)7-8)10-6-13-3-4-16-10/h1-2,5,7,10,13H,3-4,6H2. The van der Waals surface area contributed by atoms with Gasteiger partial charge in [-0.2, -0.15) is 0 Å². The van der Waals surface area contributed by atoms with E-state index in [0.717, 1.165) is 31.0 Å². The number of hydrogen-bond donors (Lipinski definition) is 1. The van der Waals surface area contributed by atoms with Crippen LogP contribution in [0.1, 0.15) is 11.9 Å². The maximum absolute atomic E-state index is 5.98. The largest absolute Gasteiger partial charge is 0.368 e. The number of ether oxygens (including phenoxy) is 1. The normalized spacial score (nSPS) is 21.4. The van der Waals surface area contributed by atoms with Crippen molar-refractivity contribution >= 4 is 17.1 Å². The van der Waals surface area contributed by atoms with E-state index in [1.165, 1.54) is 0 Å². The smallest absolute Gasteiger partial charge is 0.143 e. The number of rotatable bonds is 1. The first-order valence-corrected chi connectivity index (χ1v) is 5.67. The third kappa shape index (κ3) is 1.69. The SMILES string of the molecule is Clc1ccc2cnc(C3CNCCO3)n2c1. The van der Waals surface area contributed by atoms with Gasteiger partial charge in [0.1, 0.15) is 11.9 Å². The van der Waals surface area contributed by atoms with Crippen LogP contribution in [0.2, 0.25) is 5.02 Å². The minimum atomic E-state index is 0.00900. The molecule has 0 bridgehead atoms. The van der Waals surface area contributed by atoms with Crippen molar-refractivity contribution in [1.82, 2.24) is 14.7 Å². The minimum absolute atomic E-state index is 0.00900. The highest BCUT2D eigenvalue weighted by Gasteiger charge is 2.20. The Labute approximate surface area is 98.2 Å². The number of nitrogens with one attached hydrogen (secondary N) is 1. The number of imidazole rings is 1. The van der Waals surface area contributed by atoms with Crippen molar-refractivity contribution in [1.29, 1.82) is 0 Å². The molecular weight excluding hydrogens is 226 g/mol. The number of aromatic nitrogens is 2. The fourth-order valence-electron chi connectivity index (χ4n) is 1.95. The molecule has 1 unspecified atom stereocenters. The number of halogens is 1. The molecule has 0 aromatic carbocycles. The molecule has 16 heavy (non-hydrogen) atoms. The van der Waals surface area contributed by atoms with Gasteiger partial charge in [-0.05, 0) is 12.1 Å². The van der Waals surface area contributed by atoms with Crippen LogP contribution in [0, 0.1) is 0 Å². The molecule has 3 rings (SSSR count). The molecule has 1 N–H and O–H groups in total. The summed E-state index contributed by atoms with van der Waals surface area (Å²) in [5.41, 5.74) is 1.04. The molecule has 1 fully saturated rings. The predicted molar refractivity (Wildman–Crippen MR) is 61.8 cm³/mol. The molecule has 1 saturated heterocycles. The molecule has 1 aliphatic rings. The molecule has 5 heteroatoms. The lowest BCUT2D eigenvalue weighted by Crippen LogP contribution is -2.34. The summed E-state index contributed by atoms with van der Waals surface area (Å²) in [6.07, 6.45) is 3.72. The van der Waals surface area contributed by atoms with Gasteiger partial charge < -0.3 is 14.5 Å². The number of hydrogen-bond acceptors (Lipinski definition) is 3. The van der Waals surface area contributed by atoms with E-state index >= 15 is 0 Å². The van der Waals surface area contributed by atoms with Crippen molar-refractivity contribution in [3.8, 4) is 0 Å². The van der Waals surface area contributed by atoms with Gasteiger partial charge >= 0.3 is 0 Å². The van der Waals surface area contributed by atoms with E-state index in [0.29, 0.717) is 5.02 Å². The Morgan fingerprint density at radius 2 is 2.44 bits per heavy atom. The van der Waals surface area contributed by atoms with E-state index in [1.54, 1.807) is 0 Å². The molecule has 2 aromatic rings. The van der Waals surface area contributed by atoms with Crippen LogP contribution in [-0.2, 0) is 4.74 Å². The summed E-state index contributed by atoms with van der Waals surface area (Å²) >= 11 is 5.98. The van der Waals surface area contributed by atoms with Gasteiger partial charge in [0.15, 0.2) is 0 Å². The van der Waals surface area contributed by atoms with Crippen LogP contribution in [0.3, 0.4) is 0 Å². The van der Waals surface area contributed by atoms with E-state index in [2.05, 4.69) is 10.3 Å². The molecule has 2 aromatic heterocycles. The topological polar surface area (TPSA) is 38.6 Å². The number of pyridine rings is 1. The lowest BCUT2D eigenvalue weighted by Gasteiger charge is -2.22. The molecule has 84 valence electrons. The molecule has 3 heterocycles. The highest BCUT2D eigenvalue weighted by atomic mass is 35.5. The van der Waals surface area contributed by atoms with E-state index in [1.807, 2.05) is 28.9 Å². The molecule has 0 saturated carbocycles. The van der Waals surface area contributed by atoms with Crippen molar-refractivity contribution < 1.29 is 4.74 Å². The van der Waals surface area contributed by atoms with Gasteiger partial charge in [-0.3, -0.25) is 0 Å². The van der Waals surface area contributed by atoms with Crippen LogP contribution in [0.25, 0.3) is 5.52 Å².